The zero-order chi connectivity index (χ0) is 11.5. The number of methoxy groups -OCH3 is 1. The summed E-state index contributed by atoms with van der Waals surface area (Å²) in [6.45, 7) is 6.97. The van der Waals surface area contributed by atoms with Crippen molar-refractivity contribution in [2.24, 2.45) is 5.92 Å². The molecule has 2 rings (SSSR count). The van der Waals surface area contributed by atoms with Crippen LogP contribution in [0.2, 0.25) is 0 Å². The fraction of sp³-hybridized carbons (Fsp3) is 0.846. The maximum atomic E-state index is 5.89. The summed E-state index contributed by atoms with van der Waals surface area (Å²) in [7, 11) is 1.68. The van der Waals surface area contributed by atoms with Crippen LogP contribution in [0.25, 0.3) is 0 Å². The van der Waals surface area contributed by atoms with Crippen LogP contribution in [0.4, 0.5) is 0 Å². The molecule has 0 radical (unpaired) electrons. The summed E-state index contributed by atoms with van der Waals surface area (Å²) in [6.07, 6.45) is 4.94. The van der Waals surface area contributed by atoms with Crippen LogP contribution in [-0.4, -0.2) is 32.2 Å². The Balaban J connectivity index is 1.94. The highest BCUT2D eigenvalue weighted by Gasteiger charge is 2.49. The molecule has 2 aliphatic rings. The van der Waals surface area contributed by atoms with Gasteiger partial charge in [0.25, 0.3) is 0 Å². The average Bonchev–Trinajstić information content (AvgIpc) is 2.81. The van der Waals surface area contributed by atoms with Crippen LogP contribution in [0.3, 0.4) is 0 Å². The molecule has 0 spiro atoms. The summed E-state index contributed by atoms with van der Waals surface area (Å²) in [6, 6.07) is 0. The minimum atomic E-state index is -0.198. The van der Waals surface area contributed by atoms with E-state index in [1.807, 2.05) is 0 Å². The zero-order valence-electron chi connectivity index (χ0n) is 10.3. The van der Waals surface area contributed by atoms with Gasteiger partial charge in [-0.3, -0.25) is 0 Å². The maximum absolute atomic E-state index is 5.89. The lowest BCUT2D eigenvalue weighted by Crippen LogP contribution is -2.26. The molecule has 0 saturated carbocycles. The Morgan fingerprint density at radius 3 is 2.94 bits per heavy atom. The monoisotopic (exact) mass is 226 g/mol. The first-order valence-electron chi connectivity index (χ1n) is 6.25. The molecular formula is C13H22O3. The Labute approximate surface area is 97.8 Å². The summed E-state index contributed by atoms with van der Waals surface area (Å²) >= 11 is 0. The van der Waals surface area contributed by atoms with E-state index >= 15 is 0 Å². The van der Waals surface area contributed by atoms with E-state index in [2.05, 4.69) is 13.5 Å². The molecule has 3 nitrogen and oxygen atoms in total. The van der Waals surface area contributed by atoms with Crippen molar-refractivity contribution >= 4 is 0 Å². The number of ether oxygens (including phenoxy) is 3. The summed E-state index contributed by atoms with van der Waals surface area (Å²) in [5, 5.41) is 0. The van der Waals surface area contributed by atoms with Gasteiger partial charge in [0.05, 0.1) is 12.7 Å². The van der Waals surface area contributed by atoms with Gasteiger partial charge < -0.3 is 14.2 Å². The molecule has 16 heavy (non-hydrogen) atoms. The lowest BCUT2D eigenvalue weighted by Gasteiger charge is -2.16. The van der Waals surface area contributed by atoms with Crippen molar-refractivity contribution in [3.8, 4) is 0 Å². The number of hydrogen-bond donors (Lipinski definition) is 0. The Morgan fingerprint density at radius 1 is 1.44 bits per heavy atom. The molecule has 0 aromatic rings. The van der Waals surface area contributed by atoms with Gasteiger partial charge >= 0.3 is 0 Å². The molecule has 3 heteroatoms. The minimum Gasteiger partial charge on any atom is -0.368 e. The fourth-order valence-corrected chi connectivity index (χ4v) is 2.72. The van der Waals surface area contributed by atoms with Crippen molar-refractivity contribution in [3.05, 3.63) is 12.2 Å². The second kappa shape index (κ2) is 5.30. The van der Waals surface area contributed by atoms with Gasteiger partial charge in [-0.05, 0) is 12.0 Å². The average molecular weight is 226 g/mol. The van der Waals surface area contributed by atoms with Gasteiger partial charge in [-0.2, -0.15) is 0 Å². The molecule has 2 heterocycles. The van der Waals surface area contributed by atoms with Crippen molar-refractivity contribution in [3.63, 3.8) is 0 Å². The predicted octanol–water partition coefficient (Wildman–Crippen LogP) is 2.51. The van der Waals surface area contributed by atoms with Gasteiger partial charge in [0, 0.05) is 13.0 Å². The third-order valence-electron chi connectivity index (χ3n) is 3.59. The van der Waals surface area contributed by atoms with E-state index in [4.69, 9.17) is 14.2 Å². The van der Waals surface area contributed by atoms with Crippen LogP contribution in [-0.2, 0) is 14.2 Å². The number of fused-ring (bicyclic) bond motifs is 1. The molecule has 92 valence electrons. The van der Waals surface area contributed by atoms with Crippen LogP contribution in [0.5, 0.6) is 0 Å². The molecule has 2 aliphatic heterocycles. The molecule has 0 bridgehead atoms. The van der Waals surface area contributed by atoms with Crippen molar-refractivity contribution in [1.29, 1.82) is 0 Å². The van der Waals surface area contributed by atoms with Gasteiger partial charge in [0.1, 0.15) is 6.10 Å². The highest BCUT2D eigenvalue weighted by molar-refractivity contribution is 5.15. The van der Waals surface area contributed by atoms with E-state index in [1.54, 1.807) is 7.11 Å². The molecule has 4 atom stereocenters. The lowest BCUT2D eigenvalue weighted by atomic mass is 9.90. The smallest absolute Gasteiger partial charge is 0.184 e. The Kier molecular flexibility index (Phi) is 4.00. The molecule has 0 unspecified atom stereocenters. The third kappa shape index (κ3) is 2.17. The molecule has 0 aromatic carbocycles. The van der Waals surface area contributed by atoms with Crippen molar-refractivity contribution < 1.29 is 14.2 Å². The standard InChI is InChI=1S/C13H22O3/c1-4-5-6-7-10-11-9(2)8-15-12(11)13(14-3)16-10/h10-13H,2,4-8H2,1,3H3/t10-,11+,12+,13-/m0/s1. The molecule has 0 aromatic heterocycles. The van der Waals surface area contributed by atoms with Gasteiger partial charge in [-0.15, -0.1) is 0 Å². The Morgan fingerprint density at radius 2 is 2.25 bits per heavy atom. The minimum absolute atomic E-state index is 0.0733. The van der Waals surface area contributed by atoms with Gasteiger partial charge in [-0.25, -0.2) is 0 Å². The molecular weight excluding hydrogens is 204 g/mol. The van der Waals surface area contributed by atoms with Crippen LogP contribution in [0.1, 0.15) is 32.6 Å². The van der Waals surface area contributed by atoms with Gasteiger partial charge in [0.2, 0.25) is 0 Å². The van der Waals surface area contributed by atoms with Crippen LogP contribution in [0, 0.1) is 5.92 Å². The van der Waals surface area contributed by atoms with E-state index in [9.17, 15) is 0 Å². The van der Waals surface area contributed by atoms with Gasteiger partial charge in [0.15, 0.2) is 6.29 Å². The molecule has 0 aliphatic carbocycles. The van der Waals surface area contributed by atoms with Crippen molar-refractivity contribution in [2.45, 2.75) is 51.1 Å². The second-order valence-corrected chi connectivity index (χ2v) is 4.73. The lowest BCUT2D eigenvalue weighted by molar-refractivity contribution is -0.157. The highest BCUT2D eigenvalue weighted by Crippen LogP contribution is 2.41. The predicted molar refractivity (Wildman–Crippen MR) is 62.2 cm³/mol. The summed E-state index contributed by atoms with van der Waals surface area (Å²) in [4.78, 5) is 0. The summed E-state index contributed by atoms with van der Waals surface area (Å²) in [5.41, 5.74) is 1.17. The van der Waals surface area contributed by atoms with Crippen LogP contribution >= 0.6 is 0 Å². The Bertz CT molecular complexity index is 252. The van der Waals surface area contributed by atoms with E-state index in [0.29, 0.717) is 12.5 Å². The number of hydrogen-bond acceptors (Lipinski definition) is 3. The van der Waals surface area contributed by atoms with E-state index < -0.39 is 0 Å². The van der Waals surface area contributed by atoms with Gasteiger partial charge in [-0.1, -0.05) is 32.8 Å². The van der Waals surface area contributed by atoms with Crippen LogP contribution in [0.15, 0.2) is 12.2 Å². The third-order valence-corrected chi connectivity index (χ3v) is 3.59. The summed E-state index contributed by atoms with van der Waals surface area (Å²) < 4.78 is 16.9. The second-order valence-electron chi connectivity index (χ2n) is 4.73. The highest BCUT2D eigenvalue weighted by atomic mass is 16.7. The number of unbranched alkanes of at least 4 members (excludes halogenated alkanes) is 2. The van der Waals surface area contributed by atoms with E-state index in [-0.39, 0.29) is 18.5 Å². The topological polar surface area (TPSA) is 27.7 Å². The quantitative estimate of drug-likeness (QED) is 0.532. The first-order chi connectivity index (χ1) is 7.77. The SMILES string of the molecule is C=C1CO[C@H]2[C@@H](OC)O[C@@H](CCCCC)[C@@H]12. The van der Waals surface area contributed by atoms with Crippen molar-refractivity contribution in [1.82, 2.24) is 0 Å². The van der Waals surface area contributed by atoms with E-state index in [1.165, 1.54) is 24.8 Å². The van der Waals surface area contributed by atoms with Crippen LogP contribution < -0.4 is 0 Å². The zero-order valence-corrected chi connectivity index (χ0v) is 10.3. The molecule has 2 fully saturated rings. The first-order valence-corrected chi connectivity index (χ1v) is 6.25. The van der Waals surface area contributed by atoms with Crippen molar-refractivity contribution in [2.75, 3.05) is 13.7 Å². The molecule has 0 N–H and O–H groups in total. The molecule has 0 amide bonds. The first kappa shape index (κ1) is 12.1. The maximum Gasteiger partial charge on any atom is 0.184 e. The largest absolute Gasteiger partial charge is 0.368 e. The summed E-state index contributed by atoms with van der Waals surface area (Å²) in [5.74, 6) is 0.349. The normalized spacial score (nSPS) is 38.0. The Hall–Kier alpha value is -0.380. The molecule has 2 saturated heterocycles. The van der Waals surface area contributed by atoms with E-state index in [0.717, 1.165) is 6.42 Å². The fourth-order valence-electron chi connectivity index (χ4n) is 2.72. The number of rotatable bonds is 5.